The SMILES string of the molecule is CCc1cccc(-n2c(C)c3cnn(C4=NCCC=C4)c(=O)c3c2C)c1. The molecule has 0 atom stereocenters. The maximum atomic E-state index is 13.1. The van der Waals surface area contributed by atoms with Crippen LogP contribution in [0.15, 0.2) is 52.4 Å². The lowest BCUT2D eigenvalue weighted by molar-refractivity contribution is 0.847. The van der Waals surface area contributed by atoms with Crippen LogP contribution in [0.4, 0.5) is 0 Å². The molecule has 0 radical (unpaired) electrons. The number of rotatable bonds is 2. The van der Waals surface area contributed by atoms with E-state index in [9.17, 15) is 4.79 Å². The summed E-state index contributed by atoms with van der Waals surface area (Å²) in [6, 6.07) is 8.45. The Morgan fingerprint density at radius 2 is 2.04 bits per heavy atom. The standard InChI is InChI=1S/C21H22N4O/c1-4-16-8-7-9-17(12-16)24-14(2)18-13-23-25(19-10-5-6-11-22-19)21(26)20(18)15(24)3/h5,7-10,12-13H,4,6,11H2,1-3H3. The maximum Gasteiger partial charge on any atom is 0.282 e. The second kappa shape index (κ2) is 6.41. The molecule has 132 valence electrons. The predicted octanol–water partition coefficient (Wildman–Crippen LogP) is 3.57. The van der Waals surface area contributed by atoms with Gasteiger partial charge in [-0.15, -0.1) is 0 Å². The first-order chi connectivity index (χ1) is 12.6. The quantitative estimate of drug-likeness (QED) is 0.712. The minimum atomic E-state index is -0.112. The number of aliphatic imine (C=N–C) groups is 1. The van der Waals surface area contributed by atoms with E-state index in [2.05, 4.69) is 45.8 Å². The fraction of sp³-hybridized carbons (Fsp3) is 0.286. The van der Waals surface area contributed by atoms with Crippen LogP contribution in [0.25, 0.3) is 16.5 Å². The third kappa shape index (κ3) is 2.51. The molecule has 0 spiro atoms. The van der Waals surface area contributed by atoms with Crippen molar-refractivity contribution in [2.45, 2.75) is 33.6 Å². The van der Waals surface area contributed by atoms with Crippen molar-refractivity contribution in [1.82, 2.24) is 14.3 Å². The first kappa shape index (κ1) is 16.5. The van der Waals surface area contributed by atoms with Crippen molar-refractivity contribution in [2.24, 2.45) is 4.99 Å². The van der Waals surface area contributed by atoms with Crippen molar-refractivity contribution in [2.75, 3.05) is 6.54 Å². The molecule has 0 saturated carbocycles. The second-order valence-corrected chi connectivity index (χ2v) is 6.61. The predicted molar refractivity (Wildman–Crippen MR) is 106 cm³/mol. The van der Waals surface area contributed by atoms with Crippen molar-refractivity contribution in [3.8, 4) is 5.69 Å². The molecule has 0 saturated heterocycles. The van der Waals surface area contributed by atoms with Crippen molar-refractivity contribution in [3.05, 3.63) is 69.9 Å². The van der Waals surface area contributed by atoms with Crippen LogP contribution in [0.1, 0.15) is 30.3 Å². The molecular formula is C21H22N4O. The lowest BCUT2D eigenvalue weighted by atomic mass is 10.1. The zero-order valence-electron chi connectivity index (χ0n) is 15.4. The Bertz CT molecular complexity index is 1110. The van der Waals surface area contributed by atoms with Crippen molar-refractivity contribution >= 4 is 16.6 Å². The minimum absolute atomic E-state index is 0.112. The molecule has 0 unspecified atom stereocenters. The Labute approximate surface area is 152 Å². The summed E-state index contributed by atoms with van der Waals surface area (Å²) in [7, 11) is 0. The normalized spacial score (nSPS) is 14.0. The number of hydrogen-bond donors (Lipinski definition) is 0. The van der Waals surface area contributed by atoms with Gasteiger partial charge in [0, 0.05) is 29.0 Å². The molecule has 4 rings (SSSR count). The molecule has 5 nitrogen and oxygen atoms in total. The molecular weight excluding hydrogens is 324 g/mol. The third-order valence-corrected chi connectivity index (χ3v) is 5.03. The molecule has 3 aromatic rings. The molecule has 0 N–H and O–H groups in total. The van der Waals surface area contributed by atoms with Crippen LogP contribution in [0, 0.1) is 13.8 Å². The monoisotopic (exact) mass is 346 g/mol. The number of aromatic nitrogens is 3. The van der Waals surface area contributed by atoms with Gasteiger partial charge in [-0.25, -0.2) is 0 Å². The molecule has 1 aliphatic rings. The minimum Gasteiger partial charge on any atom is -0.317 e. The third-order valence-electron chi connectivity index (χ3n) is 5.03. The highest BCUT2D eigenvalue weighted by Crippen LogP contribution is 2.26. The van der Waals surface area contributed by atoms with Crippen LogP contribution >= 0.6 is 0 Å². The highest BCUT2D eigenvalue weighted by Gasteiger charge is 2.18. The van der Waals surface area contributed by atoms with Gasteiger partial charge >= 0.3 is 0 Å². The van der Waals surface area contributed by atoms with Crippen molar-refractivity contribution in [3.63, 3.8) is 0 Å². The first-order valence-corrected chi connectivity index (χ1v) is 9.02. The summed E-state index contributed by atoms with van der Waals surface area (Å²) in [4.78, 5) is 17.6. The van der Waals surface area contributed by atoms with E-state index in [1.54, 1.807) is 6.20 Å². The fourth-order valence-corrected chi connectivity index (χ4v) is 3.66. The summed E-state index contributed by atoms with van der Waals surface area (Å²) in [6.07, 6.45) is 7.56. The highest BCUT2D eigenvalue weighted by molar-refractivity contribution is 5.97. The Morgan fingerprint density at radius 3 is 2.77 bits per heavy atom. The molecule has 2 aromatic heterocycles. The molecule has 1 aliphatic heterocycles. The van der Waals surface area contributed by atoms with E-state index in [4.69, 9.17) is 0 Å². The van der Waals surface area contributed by atoms with Gasteiger partial charge in [0.1, 0.15) is 0 Å². The van der Waals surface area contributed by atoms with Gasteiger partial charge in [-0.2, -0.15) is 9.78 Å². The number of dihydropyridines is 1. The van der Waals surface area contributed by atoms with Crippen LogP contribution in [0.2, 0.25) is 0 Å². The number of fused-ring (bicyclic) bond motifs is 1. The molecule has 0 amide bonds. The van der Waals surface area contributed by atoms with Gasteiger partial charge in [0.15, 0.2) is 5.84 Å². The lowest BCUT2D eigenvalue weighted by Crippen LogP contribution is -2.29. The smallest absolute Gasteiger partial charge is 0.282 e. The average Bonchev–Trinajstić information content (AvgIpc) is 2.94. The fourth-order valence-electron chi connectivity index (χ4n) is 3.66. The van der Waals surface area contributed by atoms with E-state index in [1.165, 1.54) is 10.2 Å². The molecule has 0 fully saturated rings. The number of allylic oxidation sites excluding steroid dienone is 1. The summed E-state index contributed by atoms with van der Waals surface area (Å²) in [6.45, 7) is 6.88. The number of aryl methyl sites for hydroxylation is 3. The Balaban J connectivity index is 1.97. The molecule has 26 heavy (non-hydrogen) atoms. The van der Waals surface area contributed by atoms with Gasteiger partial charge in [-0.1, -0.05) is 25.1 Å². The molecule has 1 aromatic carbocycles. The summed E-state index contributed by atoms with van der Waals surface area (Å²) in [5, 5.41) is 5.99. The molecule has 5 heteroatoms. The van der Waals surface area contributed by atoms with E-state index >= 15 is 0 Å². The zero-order valence-corrected chi connectivity index (χ0v) is 15.4. The number of hydrogen-bond acceptors (Lipinski definition) is 3. The van der Waals surface area contributed by atoms with E-state index < -0.39 is 0 Å². The number of benzene rings is 1. The summed E-state index contributed by atoms with van der Waals surface area (Å²) >= 11 is 0. The Hall–Kier alpha value is -2.95. The van der Waals surface area contributed by atoms with Crippen LogP contribution in [0.3, 0.4) is 0 Å². The van der Waals surface area contributed by atoms with Crippen LogP contribution in [0.5, 0.6) is 0 Å². The molecule has 0 bridgehead atoms. The van der Waals surface area contributed by atoms with Crippen molar-refractivity contribution in [1.29, 1.82) is 0 Å². The van der Waals surface area contributed by atoms with E-state index in [1.807, 2.05) is 26.0 Å². The summed E-state index contributed by atoms with van der Waals surface area (Å²) in [5.41, 5.74) is 4.21. The van der Waals surface area contributed by atoms with E-state index in [0.717, 1.165) is 35.3 Å². The molecule has 3 heterocycles. The Morgan fingerprint density at radius 1 is 1.19 bits per heavy atom. The highest BCUT2D eigenvalue weighted by atomic mass is 16.1. The van der Waals surface area contributed by atoms with Gasteiger partial charge in [-0.3, -0.25) is 9.79 Å². The van der Waals surface area contributed by atoms with Crippen LogP contribution < -0.4 is 5.56 Å². The van der Waals surface area contributed by atoms with Gasteiger partial charge < -0.3 is 4.57 Å². The van der Waals surface area contributed by atoms with Gasteiger partial charge in [0.2, 0.25) is 0 Å². The topological polar surface area (TPSA) is 52.2 Å². The Kier molecular flexibility index (Phi) is 4.07. The van der Waals surface area contributed by atoms with Gasteiger partial charge in [0.05, 0.1) is 11.6 Å². The first-order valence-electron chi connectivity index (χ1n) is 9.02. The van der Waals surface area contributed by atoms with Gasteiger partial charge in [-0.05, 0) is 50.5 Å². The van der Waals surface area contributed by atoms with E-state index in [0.29, 0.717) is 17.8 Å². The maximum absolute atomic E-state index is 13.1. The van der Waals surface area contributed by atoms with Crippen LogP contribution in [-0.2, 0) is 6.42 Å². The zero-order chi connectivity index (χ0) is 18.3. The largest absolute Gasteiger partial charge is 0.317 e. The second-order valence-electron chi connectivity index (χ2n) is 6.61. The van der Waals surface area contributed by atoms with Crippen LogP contribution in [-0.4, -0.2) is 26.7 Å². The molecule has 0 aliphatic carbocycles. The van der Waals surface area contributed by atoms with Crippen molar-refractivity contribution < 1.29 is 0 Å². The summed E-state index contributed by atoms with van der Waals surface area (Å²) < 4.78 is 3.56. The van der Waals surface area contributed by atoms with Gasteiger partial charge in [0.25, 0.3) is 5.56 Å². The lowest BCUT2D eigenvalue weighted by Gasteiger charge is -2.10. The average molecular weight is 346 g/mol. The number of nitrogens with zero attached hydrogens (tertiary/aromatic N) is 4. The summed E-state index contributed by atoms with van der Waals surface area (Å²) in [5.74, 6) is 0.612. The van der Waals surface area contributed by atoms with E-state index in [-0.39, 0.29) is 5.56 Å².